The number of benzene rings is 3. The van der Waals surface area contributed by atoms with Crippen molar-refractivity contribution in [1.29, 1.82) is 0 Å². The predicted octanol–water partition coefficient (Wildman–Crippen LogP) is 5.53. The van der Waals surface area contributed by atoms with Crippen LogP contribution in [0.4, 0.5) is 0 Å². The van der Waals surface area contributed by atoms with Gasteiger partial charge in [0.1, 0.15) is 0 Å². The minimum Gasteiger partial charge on any atom is -0.380 e. The third kappa shape index (κ3) is 4.25. The fourth-order valence-corrected chi connectivity index (χ4v) is 4.06. The molecule has 0 fully saturated rings. The number of rotatable bonds is 7. The Morgan fingerprint density at radius 2 is 1.83 bits per heavy atom. The van der Waals surface area contributed by atoms with Gasteiger partial charge >= 0.3 is 0 Å². The number of fused-ring (bicyclic) bond motifs is 1. The van der Waals surface area contributed by atoms with Crippen molar-refractivity contribution in [3.63, 3.8) is 0 Å². The molecule has 1 heterocycles. The maximum absolute atomic E-state index is 12.9. The summed E-state index contributed by atoms with van der Waals surface area (Å²) >= 11 is 6.54. The molecule has 4 aromatic rings. The van der Waals surface area contributed by atoms with E-state index in [1.54, 1.807) is 7.11 Å². The van der Waals surface area contributed by atoms with Crippen LogP contribution in [0.15, 0.2) is 79.0 Å². The number of carbonyl (C=O) groups is 1. The van der Waals surface area contributed by atoms with Crippen LogP contribution in [0.3, 0.4) is 0 Å². The van der Waals surface area contributed by atoms with Crippen molar-refractivity contribution in [2.24, 2.45) is 0 Å². The van der Waals surface area contributed by atoms with Crippen molar-refractivity contribution in [3.8, 4) is 0 Å². The summed E-state index contributed by atoms with van der Waals surface area (Å²) in [5.74, 6) is -0.203. The van der Waals surface area contributed by atoms with E-state index in [2.05, 4.69) is 16.4 Å². The summed E-state index contributed by atoms with van der Waals surface area (Å²) in [6, 6.07) is 23.4. The van der Waals surface area contributed by atoms with E-state index in [0.717, 1.165) is 27.6 Å². The van der Waals surface area contributed by atoms with Crippen molar-refractivity contribution in [2.75, 3.05) is 13.7 Å². The van der Waals surface area contributed by atoms with Gasteiger partial charge in [-0.25, -0.2) is 0 Å². The molecule has 0 spiro atoms. The highest BCUT2D eigenvalue weighted by atomic mass is 35.5. The molecule has 30 heavy (non-hydrogen) atoms. The lowest BCUT2D eigenvalue weighted by Crippen LogP contribution is -2.29. The Bertz CT molecular complexity index is 1170. The average Bonchev–Trinajstić information content (AvgIpc) is 3.19. The van der Waals surface area contributed by atoms with Crippen molar-refractivity contribution < 1.29 is 9.53 Å². The number of H-pyrrole nitrogens is 1. The van der Waals surface area contributed by atoms with E-state index in [1.807, 2.05) is 72.9 Å². The number of hydrogen-bond acceptors (Lipinski definition) is 2. The van der Waals surface area contributed by atoms with Gasteiger partial charge in [-0.05, 0) is 41.0 Å². The number of nitrogens with one attached hydrogen (secondary N) is 2. The molecule has 0 aliphatic heterocycles. The third-order valence-corrected chi connectivity index (χ3v) is 5.59. The first-order chi connectivity index (χ1) is 14.7. The molecule has 3 aromatic carbocycles. The molecule has 0 radical (unpaired) electrons. The summed E-state index contributed by atoms with van der Waals surface area (Å²) in [6.45, 7) is 0.900. The van der Waals surface area contributed by atoms with Gasteiger partial charge < -0.3 is 15.0 Å². The van der Waals surface area contributed by atoms with E-state index in [0.29, 0.717) is 23.7 Å². The van der Waals surface area contributed by atoms with Crippen molar-refractivity contribution in [3.05, 3.63) is 106 Å². The number of carbonyl (C=O) groups excluding carboxylic acids is 1. The van der Waals surface area contributed by atoms with Gasteiger partial charge in [-0.2, -0.15) is 0 Å². The Morgan fingerprint density at radius 3 is 2.67 bits per heavy atom. The molecule has 4 rings (SSSR count). The van der Waals surface area contributed by atoms with E-state index in [-0.39, 0.29) is 11.8 Å². The van der Waals surface area contributed by atoms with E-state index in [4.69, 9.17) is 16.3 Å². The van der Waals surface area contributed by atoms with Crippen LogP contribution in [0.25, 0.3) is 10.9 Å². The SMILES string of the molecule is COCc1cccc(C(=O)NC[C@H](c2ccccc2Cl)c2c[nH]c3ccccc23)c1. The smallest absolute Gasteiger partial charge is 0.251 e. The predicted molar refractivity (Wildman–Crippen MR) is 121 cm³/mol. The highest BCUT2D eigenvalue weighted by molar-refractivity contribution is 6.31. The zero-order chi connectivity index (χ0) is 20.9. The van der Waals surface area contributed by atoms with Crippen molar-refractivity contribution >= 4 is 28.4 Å². The Balaban J connectivity index is 1.63. The number of ether oxygens (including phenoxy) is 1. The number of aromatic amines is 1. The summed E-state index contributed by atoms with van der Waals surface area (Å²) < 4.78 is 5.17. The highest BCUT2D eigenvalue weighted by Crippen LogP contribution is 2.34. The number of para-hydroxylation sites is 1. The van der Waals surface area contributed by atoms with E-state index < -0.39 is 0 Å². The van der Waals surface area contributed by atoms with E-state index in [9.17, 15) is 4.79 Å². The quantitative estimate of drug-likeness (QED) is 0.414. The third-order valence-electron chi connectivity index (χ3n) is 5.24. The lowest BCUT2D eigenvalue weighted by Gasteiger charge is -2.19. The fourth-order valence-electron chi connectivity index (χ4n) is 3.79. The molecule has 2 N–H and O–H groups in total. The van der Waals surface area contributed by atoms with Crippen LogP contribution in [-0.4, -0.2) is 24.5 Å². The second-order valence-corrected chi connectivity index (χ2v) is 7.61. The first-order valence-electron chi connectivity index (χ1n) is 9.84. The lowest BCUT2D eigenvalue weighted by atomic mass is 9.90. The van der Waals surface area contributed by atoms with Crippen LogP contribution in [0.1, 0.15) is 33.0 Å². The number of amides is 1. The molecule has 1 aromatic heterocycles. The van der Waals surface area contributed by atoms with Crippen LogP contribution in [0.5, 0.6) is 0 Å². The van der Waals surface area contributed by atoms with Gasteiger partial charge in [0.05, 0.1) is 6.61 Å². The summed E-state index contributed by atoms with van der Waals surface area (Å²) in [5.41, 5.74) is 4.72. The highest BCUT2D eigenvalue weighted by Gasteiger charge is 2.21. The number of aromatic nitrogens is 1. The molecule has 152 valence electrons. The number of hydrogen-bond donors (Lipinski definition) is 2. The molecule has 0 aliphatic rings. The average molecular weight is 419 g/mol. The van der Waals surface area contributed by atoms with Gasteiger partial charge in [-0.1, -0.05) is 60.1 Å². The summed E-state index contributed by atoms with van der Waals surface area (Å²) in [7, 11) is 1.64. The van der Waals surface area contributed by atoms with E-state index >= 15 is 0 Å². The monoisotopic (exact) mass is 418 g/mol. The maximum Gasteiger partial charge on any atom is 0.251 e. The zero-order valence-corrected chi connectivity index (χ0v) is 17.4. The second kappa shape index (κ2) is 9.16. The van der Waals surface area contributed by atoms with Crippen LogP contribution in [0.2, 0.25) is 5.02 Å². The van der Waals surface area contributed by atoms with Crippen LogP contribution in [0, 0.1) is 0 Å². The molecule has 0 saturated heterocycles. The summed E-state index contributed by atoms with van der Waals surface area (Å²) in [5, 5.41) is 4.90. The second-order valence-electron chi connectivity index (χ2n) is 7.21. The first-order valence-corrected chi connectivity index (χ1v) is 10.2. The number of halogens is 1. The summed E-state index contributed by atoms with van der Waals surface area (Å²) in [6.07, 6.45) is 2.00. The minimum atomic E-state index is -0.121. The maximum atomic E-state index is 12.9. The van der Waals surface area contributed by atoms with Gasteiger partial charge in [0.15, 0.2) is 0 Å². The molecular formula is C25H23ClN2O2. The molecule has 1 atom stereocenters. The summed E-state index contributed by atoms with van der Waals surface area (Å²) in [4.78, 5) is 16.2. The van der Waals surface area contributed by atoms with Gasteiger partial charge in [-0.15, -0.1) is 0 Å². The molecule has 4 nitrogen and oxygen atoms in total. The number of methoxy groups -OCH3 is 1. The van der Waals surface area contributed by atoms with Crippen molar-refractivity contribution in [2.45, 2.75) is 12.5 Å². The van der Waals surface area contributed by atoms with Crippen LogP contribution < -0.4 is 5.32 Å². The Morgan fingerprint density at radius 1 is 1.03 bits per heavy atom. The fraction of sp³-hybridized carbons (Fsp3) is 0.160. The molecular weight excluding hydrogens is 396 g/mol. The topological polar surface area (TPSA) is 54.1 Å². The van der Waals surface area contributed by atoms with Gasteiger partial charge in [-0.3, -0.25) is 4.79 Å². The molecule has 0 unspecified atom stereocenters. The minimum absolute atomic E-state index is 0.0824. The van der Waals surface area contributed by atoms with Crippen molar-refractivity contribution in [1.82, 2.24) is 10.3 Å². The Labute approximate surface area is 180 Å². The first kappa shape index (κ1) is 20.2. The van der Waals surface area contributed by atoms with Gasteiger partial charge in [0.2, 0.25) is 0 Å². The Kier molecular flexibility index (Phi) is 6.17. The lowest BCUT2D eigenvalue weighted by molar-refractivity contribution is 0.0952. The molecule has 0 bridgehead atoms. The molecule has 5 heteroatoms. The standard InChI is InChI=1S/C25H23ClN2O2/c1-30-16-17-7-6-8-18(13-17)25(29)28-15-21(19-9-2-4-11-23(19)26)22-14-27-24-12-5-3-10-20(22)24/h2-14,21,27H,15-16H2,1H3,(H,28,29)/t21-/m1/s1. The van der Waals surface area contributed by atoms with Gasteiger partial charge in [0, 0.05) is 47.3 Å². The largest absolute Gasteiger partial charge is 0.380 e. The van der Waals surface area contributed by atoms with Gasteiger partial charge in [0.25, 0.3) is 5.91 Å². The Hall–Kier alpha value is -3.08. The van der Waals surface area contributed by atoms with Crippen LogP contribution in [-0.2, 0) is 11.3 Å². The molecule has 0 aliphatic carbocycles. The van der Waals surface area contributed by atoms with E-state index in [1.165, 1.54) is 0 Å². The normalized spacial score (nSPS) is 12.1. The molecule has 0 saturated carbocycles. The van der Waals surface area contributed by atoms with Crippen LogP contribution >= 0.6 is 11.6 Å². The zero-order valence-electron chi connectivity index (χ0n) is 16.7. The molecule has 1 amide bonds.